The molecule has 0 saturated carbocycles. The molecule has 0 aliphatic carbocycles. The van der Waals surface area contributed by atoms with Crippen LogP contribution in [0.3, 0.4) is 0 Å². The van der Waals surface area contributed by atoms with E-state index in [4.69, 9.17) is 4.74 Å². The maximum absolute atomic E-state index is 11.6. The molecule has 1 amide bonds. The van der Waals surface area contributed by atoms with Gasteiger partial charge in [-0.2, -0.15) is 0 Å². The lowest BCUT2D eigenvalue weighted by Crippen LogP contribution is -2.24. The first-order valence-electron chi connectivity index (χ1n) is 6.61. The predicted octanol–water partition coefficient (Wildman–Crippen LogP) is 1.86. The lowest BCUT2D eigenvalue weighted by molar-refractivity contribution is -0.385. The van der Waals surface area contributed by atoms with Crippen molar-refractivity contribution in [2.24, 2.45) is 0 Å². The number of nitrogens with zero attached hydrogens (tertiary/aromatic N) is 1. The zero-order valence-corrected chi connectivity index (χ0v) is 12.0. The van der Waals surface area contributed by atoms with Crippen LogP contribution in [-0.2, 0) is 20.9 Å². The zero-order valence-electron chi connectivity index (χ0n) is 12.0. The molecule has 0 fully saturated rings. The summed E-state index contributed by atoms with van der Waals surface area (Å²) in [5, 5.41) is 13.5. The molecule has 0 heterocycles. The number of carbonyl (C=O) groups is 2. The van der Waals surface area contributed by atoms with Gasteiger partial charge in [0.25, 0.3) is 5.69 Å². The molecule has 0 bridgehead atoms. The number of benzene rings is 1. The molecule has 1 rings (SSSR count). The van der Waals surface area contributed by atoms with Crippen LogP contribution in [0.4, 0.5) is 5.69 Å². The highest BCUT2D eigenvalue weighted by molar-refractivity contribution is 5.81. The van der Waals surface area contributed by atoms with Crippen molar-refractivity contribution in [2.75, 3.05) is 6.61 Å². The highest BCUT2D eigenvalue weighted by atomic mass is 16.6. The Balaban J connectivity index is 2.52. The largest absolute Gasteiger partial charge is 0.466 e. The van der Waals surface area contributed by atoms with Crippen LogP contribution in [0.15, 0.2) is 18.2 Å². The number of nitro groups is 1. The summed E-state index contributed by atoms with van der Waals surface area (Å²) in [7, 11) is 0. The average molecular weight is 294 g/mol. The van der Waals surface area contributed by atoms with Crippen LogP contribution in [-0.4, -0.2) is 23.4 Å². The summed E-state index contributed by atoms with van der Waals surface area (Å²) < 4.78 is 4.72. The Morgan fingerprint density at radius 3 is 2.67 bits per heavy atom. The quantitative estimate of drug-likeness (QED) is 0.470. The molecule has 7 nitrogen and oxygen atoms in total. The van der Waals surface area contributed by atoms with Gasteiger partial charge in [-0.25, -0.2) is 0 Å². The lowest BCUT2D eigenvalue weighted by Gasteiger charge is -2.08. The molecular formula is C14H18N2O5. The molecule has 1 N–H and O–H groups in total. The first-order chi connectivity index (χ1) is 9.95. The predicted molar refractivity (Wildman–Crippen MR) is 75.5 cm³/mol. The second-order valence-electron chi connectivity index (χ2n) is 4.40. The Bertz CT molecular complexity index is 542. The summed E-state index contributed by atoms with van der Waals surface area (Å²) in [4.78, 5) is 33.1. The standard InChI is InChI=1S/C14H18N2O5/c1-3-21-14(18)8-7-13(17)15-9-11-5-4-6-12(10(11)2)16(19)20/h4-6H,3,7-9H2,1-2H3,(H,15,17). The van der Waals surface area contributed by atoms with E-state index in [2.05, 4.69) is 5.32 Å². The Kier molecular flexibility index (Phi) is 6.32. The Morgan fingerprint density at radius 2 is 2.05 bits per heavy atom. The van der Waals surface area contributed by atoms with E-state index in [0.717, 1.165) is 0 Å². The smallest absolute Gasteiger partial charge is 0.306 e. The molecule has 0 radical (unpaired) electrons. The van der Waals surface area contributed by atoms with Gasteiger partial charge >= 0.3 is 5.97 Å². The van der Waals surface area contributed by atoms with E-state index in [0.29, 0.717) is 11.1 Å². The molecule has 0 saturated heterocycles. The van der Waals surface area contributed by atoms with Crippen molar-refractivity contribution < 1.29 is 19.2 Å². The fourth-order valence-electron chi connectivity index (χ4n) is 1.79. The van der Waals surface area contributed by atoms with Crippen molar-refractivity contribution in [2.45, 2.75) is 33.2 Å². The number of nitrogens with one attached hydrogen (secondary N) is 1. The minimum absolute atomic E-state index is 0.0214. The van der Waals surface area contributed by atoms with Crippen LogP contribution in [0.2, 0.25) is 0 Å². The number of carbonyl (C=O) groups excluding carboxylic acids is 2. The number of esters is 1. The van der Waals surface area contributed by atoms with Crippen LogP contribution in [0.5, 0.6) is 0 Å². The normalized spacial score (nSPS) is 10.0. The third kappa shape index (κ3) is 5.21. The van der Waals surface area contributed by atoms with E-state index in [1.165, 1.54) is 6.07 Å². The van der Waals surface area contributed by atoms with Gasteiger partial charge in [0.1, 0.15) is 0 Å². The van der Waals surface area contributed by atoms with Crippen molar-refractivity contribution >= 4 is 17.6 Å². The molecule has 0 atom stereocenters. The molecule has 1 aromatic carbocycles. The van der Waals surface area contributed by atoms with Gasteiger partial charge in [0.05, 0.1) is 18.0 Å². The topological polar surface area (TPSA) is 98.5 Å². The van der Waals surface area contributed by atoms with E-state index in [-0.39, 0.29) is 37.6 Å². The first kappa shape index (κ1) is 16.6. The molecule has 0 spiro atoms. The molecule has 0 aliphatic rings. The van der Waals surface area contributed by atoms with Crippen molar-refractivity contribution in [3.63, 3.8) is 0 Å². The third-order valence-electron chi connectivity index (χ3n) is 2.95. The fraction of sp³-hybridized carbons (Fsp3) is 0.429. The van der Waals surface area contributed by atoms with Crippen LogP contribution >= 0.6 is 0 Å². The first-order valence-corrected chi connectivity index (χ1v) is 6.61. The Hall–Kier alpha value is -2.44. The maximum atomic E-state index is 11.6. The van der Waals surface area contributed by atoms with Gasteiger partial charge in [-0.05, 0) is 19.4 Å². The summed E-state index contributed by atoms with van der Waals surface area (Å²) >= 11 is 0. The summed E-state index contributed by atoms with van der Waals surface area (Å²) in [6.45, 7) is 3.81. The van der Waals surface area contributed by atoms with Crippen LogP contribution < -0.4 is 5.32 Å². The maximum Gasteiger partial charge on any atom is 0.306 e. The summed E-state index contributed by atoms with van der Waals surface area (Å²) in [5.74, 6) is -0.715. The molecular weight excluding hydrogens is 276 g/mol. The molecule has 114 valence electrons. The number of rotatable bonds is 7. The highest BCUT2D eigenvalue weighted by Gasteiger charge is 2.14. The minimum Gasteiger partial charge on any atom is -0.466 e. The van der Waals surface area contributed by atoms with Gasteiger partial charge in [0, 0.05) is 24.6 Å². The van der Waals surface area contributed by atoms with Gasteiger partial charge < -0.3 is 10.1 Å². The molecule has 7 heteroatoms. The monoisotopic (exact) mass is 294 g/mol. The van der Waals surface area contributed by atoms with E-state index < -0.39 is 10.9 Å². The molecule has 0 unspecified atom stereocenters. The van der Waals surface area contributed by atoms with Gasteiger partial charge in [-0.1, -0.05) is 12.1 Å². The fourth-order valence-corrected chi connectivity index (χ4v) is 1.79. The van der Waals surface area contributed by atoms with Gasteiger partial charge in [-0.15, -0.1) is 0 Å². The Morgan fingerprint density at radius 1 is 1.33 bits per heavy atom. The number of amides is 1. The van der Waals surface area contributed by atoms with E-state index in [1.54, 1.807) is 26.0 Å². The van der Waals surface area contributed by atoms with E-state index >= 15 is 0 Å². The second kappa shape index (κ2) is 7.98. The number of nitro benzene ring substituents is 1. The highest BCUT2D eigenvalue weighted by Crippen LogP contribution is 2.20. The van der Waals surface area contributed by atoms with Crippen LogP contribution in [0.25, 0.3) is 0 Å². The van der Waals surface area contributed by atoms with Crippen molar-refractivity contribution in [3.05, 3.63) is 39.4 Å². The van der Waals surface area contributed by atoms with Gasteiger partial charge in [0.15, 0.2) is 0 Å². The zero-order chi connectivity index (χ0) is 15.8. The van der Waals surface area contributed by atoms with Crippen molar-refractivity contribution in [1.29, 1.82) is 0 Å². The van der Waals surface area contributed by atoms with Crippen LogP contribution in [0.1, 0.15) is 30.9 Å². The second-order valence-corrected chi connectivity index (χ2v) is 4.40. The molecule has 0 aromatic heterocycles. The molecule has 1 aromatic rings. The van der Waals surface area contributed by atoms with Crippen molar-refractivity contribution in [1.82, 2.24) is 5.32 Å². The summed E-state index contributed by atoms with van der Waals surface area (Å²) in [6, 6.07) is 4.71. The number of hydrogen-bond acceptors (Lipinski definition) is 5. The number of ether oxygens (including phenoxy) is 1. The molecule has 21 heavy (non-hydrogen) atoms. The SMILES string of the molecule is CCOC(=O)CCC(=O)NCc1cccc([N+](=O)[O-])c1C. The number of hydrogen-bond donors (Lipinski definition) is 1. The average Bonchev–Trinajstić information content (AvgIpc) is 2.44. The van der Waals surface area contributed by atoms with Gasteiger partial charge in [-0.3, -0.25) is 19.7 Å². The molecule has 0 aliphatic heterocycles. The Labute approximate surface area is 122 Å². The summed E-state index contributed by atoms with van der Waals surface area (Å²) in [5.41, 5.74) is 1.22. The lowest BCUT2D eigenvalue weighted by atomic mass is 10.1. The van der Waals surface area contributed by atoms with Gasteiger partial charge in [0.2, 0.25) is 5.91 Å². The van der Waals surface area contributed by atoms with E-state index in [9.17, 15) is 19.7 Å². The van der Waals surface area contributed by atoms with Crippen LogP contribution in [0, 0.1) is 17.0 Å². The summed E-state index contributed by atoms with van der Waals surface area (Å²) in [6.07, 6.45) is 0.0560. The third-order valence-corrected chi connectivity index (χ3v) is 2.95. The van der Waals surface area contributed by atoms with E-state index in [1.807, 2.05) is 0 Å². The minimum atomic E-state index is -0.457. The van der Waals surface area contributed by atoms with Crippen molar-refractivity contribution in [3.8, 4) is 0 Å².